The zero-order valence-electron chi connectivity index (χ0n) is 10.3. The van der Waals surface area contributed by atoms with Crippen LogP contribution in [0.15, 0.2) is 28.2 Å². The van der Waals surface area contributed by atoms with E-state index in [4.69, 9.17) is 27.0 Å². The van der Waals surface area contributed by atoms with Crippen LogP contribution in [0.4, 0.5) is 5.69 Å². The summed E-state index contributed by atoms with van der Waals surface area (Å²) in [5, 5.41) is 8.74. The maximum Gasteiger partial charge on any atom is 0.307 e. The summed E-state index contributed by atoms with van der Waals surface area (Å²) in [6.07, 6.45) is -0.130. The molecule has 0 amide bonds. The third-order valence-electron chi connectivity index (χ3n) is 2.08. The first-order valence-electron chi connectivity index (χ1n) is 5.25. The van der Waals surface area contributed by atoms with E-state index in [1.807, 2.05) is 0 Å². The van der Waals surface area contributed by atoms with Gasteiger partial charge in [-0.05, 0) is 17.7 Å². The SMILES string of the molecule is COc1ccc(CC(=O)O)cc1N=C(N)N=C(N)N. The first-order chi connectivity index (χ1) is 8.92. The van der Waals surface area contributed by atoms with E-state index in [2.05, 4.69) is 9.98 Å². The predicted molar refractivity (Wildman–Crippen MR) is 71.4 cm³/mol. The van der Waals surface area contributed by atoms with E-state index in [1.54, 1.807) is 18.2 Å². The maximum atomic E-state index is 10.7. The van der Waals surface area contributed by atoms with Crippen molar-refractivity contribution in [3.8, 4) is 5.75 Å². The molecule has 8 heteroatoms. The zero-order chi connectivity index (χ0) is 14.4. The Balaban J connectivity index is 3.16. The Morgan fingerprint density at radius 2 is 2.05 bits per heavy atom. The van der Waals surface area contributed by atoms with Crippen LogP contribution in [0.2, 0.25) is 0 Å². The van der Waals surface area contributed by atoms with Crippen molar-refractivity contribution >= 4 is 23.6 Å². The Kier molecular flexibility index (Phi) is 4.69. The molecule has 0 spiro atoms. The second-order valence-electron chi connectivity index (χ2n) is 3.58. The number of carboxylic acids is 1. The van der Waals surface area contributed by atoms with Crippen molar-refractivity contribution in [3.63, 3.8) is 0 Å². The van der Waals surface area contributed by atoms with Crippen LogP contribution in [0.5, 0.6) is 5.75 Å². The third-order valence-corrected chi connectivity index (χ3v) is 2.08. The Morgan fingerprint density at radius 3 is 2.58 bits per heavy atom. The fraction of sp³-hybridized carbons (Fsp3) is 0.182. The Hall–Kier alpha value is -2.77. The molecule has 7 N–H and O–H groups in total. The zero-order valence-corrected chi connectivity index (χ0v) is 10.3. The van der Waals surface area contributed by atoms with Crippen molar-refractivity contribution < 1.29 is 14.6 Å². The standard InChI is InChI=1S/C11H15N5O3/c1-19-8-3-2-6(5-9(17)18)4-7(8)15-11(14)16-10(12)13/h2-4H,5H2,1H3,(H,17,18)(H6,12,13,14,15,16). The summed E-state index contributed by atoms with van der Waals surface area (Å²) < 4.78 is 5.09. The topological polar surface area (TPSA) is 149 Å². The van der Waals surface area contributed by atoms with Gasteiger partial charge in [-0.1, -0.05) is 6.07 Å². The summed E-state index contributed by atoms with van der Waals surface area (Å²) >= 11 is 0. The summed E-state index contributed by atoms with van der Waals surface area (Å²) in [4.78, 5) is 18.2. The molecule has 0 aliphatic heterocycles. The van der Waals surface area contributed by atoms with E-state index in [0.29, 0.717) is 17.0 Å². The number of nitrogens with two attached hydrogens (primary N) is 3. The molecule has 19 heavy (non-hydrogen) atoms. The molecule has 1 aromatic carbocycles. The molecule has 0 saturated carbocycles. The minimum absolute atomic E-state index is 0.130. The van der Waals surface area contributed by atoms with E-state index >= 15 is 0 Å². The van der Waals surface area contributed by atoms with Crippen molar-refractivity contribution in [3.05, 3.63) is 23.8 Å². The van der Waals surface area contributed by atoms with Gasteiger partial charge >= 0.3 is 5.97 Å². The molecule has 8 nitrogen and oxygen atoms in total. The van der Waals surface area contributed by atoms with Gasteiger partial charge in [0, 0.05) is 0 Å². The number of aliphatic imine (C=N–C) groups is 2. The highest BCUT2D eigenvalue weighted by Crippen LogP contribution is 2.28. The molecular formula is C11H15N5O3. The van der Waals surface area contributed by atoms with Gasteiger partial charge in [0.25, 0.3) is 0 Å². The minimum atomic E-state index is -0.947. The molecule has 0 bridgehead atoms. The van der Waals surface area contributed by atoms with Crippen LogP contribution in [0.1, 0.15) is 5.56 Å². The molecule has 0 saturated heterocycles. The fourth-order valence-corrected chi connectivity index (χ4v) is 1.39. The average molecular weight is 265 g/mol. The van der Waals surface area contributed by atoms with Gasteiger partial charge < -0.3 is 27.0 Å². The van der Waals surface area contributed by atoms with Gasteiger partial charge in [0.2, 0.25) is 5.96 Å². The van der Waals surface area contributed by atoms with Crippen molar-refractivity contribution in [1.82, 2.24) is 0 Å². The highest BCUT2D eigenvalue weighted by molar-refractivity contribution is 5.94. The van der Waals surface area contributed by atoms with Crippen LogP contribution in [0.25, 0.3) is 0 Å². The highest BCUT2D eigenvalue weighted by Gasteiger charge is 2.07. The minimum Gasteiger partial charge on any atom is -0.494 e. The molecule has 0 heterocycles. The second kappa shape index (κ2) is 6.24. The Labute approximate surface area is 109 Å². The Morgan fingerprint density at radius 1 is 1.37 bits per heavy atom. The van der Waals surface area contributed by atoms with Crippen molar-refractivity contribution in [2.75, 3.05) is 7.11 Å². The number of nitrogens with zero attached hydrogens (tertiary/aromatic N) is 2. The average Bonchev–Trinajstić information content (AvgIpc) is 2.27. The third kappa shape index (κ3) is 4.54. The fourth-order valence-electron chi connectivity index (χ4n) is 1.39. The Bertz CT molecular complexity index is 535. The molecule has 0 aliphatic rings. The lowest BCUT2D eigenvalue weighted by atomic mass is 10.1. The number of carboxylic acid groups (broad SMARTS) is 1. The van der Waals surface area contributed by atoms with E-state index in [1.165, 1.54) is 7.11 Å². The molecular weight excluding hydrogens is 250 g/mol. The normalized spacial score (nSPS) is 10.9. The summed E-state index contributed by atoms with van der Waals surface area (Å²) in [5.74, 6) is -0.882. The molecule has 102 valence electrons. The number of ether oxygens (including phenoxy) is 1. The molecule has 0 fully saturated rings. The lowest BCUT2D eigenvalue weighted by Gasteiger charge is -2.06. The van der Waals surface area contributed by atoms with Gasteiger partial charge in [-0.3, -0.25) is 4.79 Å². The van der Waals surface area contributed by atoms with Gasteiger partial charge in [-0.15, -0.1) is 0 Å². The summed E-state index contributed by atoms with van der Waals surface area (Å²) in [7, 11) is 1.46. The lowest BCUT2D eigenvalue weighted by molar-refractivity contribution is -0.136. The first kappa shape index (κ1) is 14.3. The number of rotatable bonds is 4. The summed E-state index contributed by atoms with van der Waals surface area (Å²) in [6.45, 7) is 0. The van der Waals surface area contributed by atoms with Crippen molar-refractivity contribution in [2.45, 2.75) is 6.42 Å². The van der Waals surface area contributed by atoms with Crippen molar-refractivity contribution in [1.29, 1.82) is 0 Å². The number of hydrogen-bond donors (Lipinski definition) is 4. The second-order valence-corrected chi connectivity index (χ2v) is 3.58. The summed E-state index contributed by atoms with van der Waals surface area (Å²) in [6, 6.07) is 4.77. The van der Waals surface area contributed by atoms with E-state index in [0.717, 1.165) is 0 Å². The predicted octanol–water partition coefficient (Wildman–Crippen LogP) is -0.458. The van der Waals surface area contributed by atoms with Crippen LogP contribution in [-0.4, -0.2) is 30.1 Å². The van der Waals surface area contributed by atoms with E-state index < -0.39 is 5.97 Å². The van der Waals surface area contributed by atoms with Gasteiger partial charge in [0.1, 0.15) is 11.4 Å². The monoisotopic (exact) mass is 265 g/mol. The van der Waals surface area contributed by atoms with Crippen molar-refractivity contribution in [2.24, 2.45) is 27.2 Å². The largest absolute Gasteiger partial charge is 0.494 e. The molecule has 0 radical (unpaired) electrons. The van der Waals surface area contributed by atoms with Crippen LogP contribution in [0, 0.1) is 0 Å². The lowest BCUT2D eigenvalue weighted by Crippen LogP contribution is -2.26. The molecule has 0 atom stereocenters. The molecule has 0 aliphatic carbocycles. The van der Waals surface area contributed by atoms with Crippen LogP contribution < -0.4 is 21.9 Å². The molecule has 1 rings (SSSR count). The molecule has 1 aromatic rings. The van der Waals surface area contributed by atoms with Crippen LogP contribution >= 0.6 is 0 Å². The van der Waals surface area contributed by atoms with Gasteiger partial charge in [-0.25, -0.2) is 4.99 Å². The van der Waals surface area contributed by atoms with Crippen LogP contribution in [-0.2, 0) is 11.2 Å². The molecule has 0 aromatic heterocycles. The number of carbonyl (C=O) groups is 1. The first-order valence-corrected chi connectivity index (χ1v) is 5.25. The number of hydrogen-bond acceptors (Lipinski definition) is 3. The number of guanidine groups is 2. The van der Waals surface area contributed by atoms with Crippen LogP contribution in [0.3, 0.4) is 0 Å². The van der Waals surface area contributed by atoms with Gasteiger partial charge in [0.05, 0.1) is 13.5 Å². The number of aliphatic carboxylic acids is 1. The number of benzene rings is 1. The highest BCUT2D eigenvalue weighted by atomic mass is 16.5. The molecule has 0 unspecified atom stereocenters. The van der Waals surface area contributed by atoms with Gasteiger partial charge in [-0.2, -0.15) is 4.99 Å². The smallest absolute Gasteiger partial charge is 0.307 e. The quantitative estimate of drug-likeness (QED) is 0.427. The summed E-state index contributed by atoms with van der Waals surface area (Å²) in [5.41, 5.74) is 16.8. The van der Waals surface area contributed by atoms with Gasteiger partial charge in [0.15, 0.2) is 5.96 Å². The number of methoxy groups -OCH3 is 1. The van der Waals surface area contributed by atoms with E-state index in [-0.39, 0.29) is 18.3 Å². The maximum absolute atomic E-state index is 10.7. The van der Waals surface area contributed by atoms with E-state index in [9.17, 15) is 4.79 Å².